The second kappa shape index (κ2) is 5.38. The molecule has 1 aliphatic rings. The van der Waals surface area contributed by atoms with E-state index < -0.39 is 11.9 Å². The van der Waals surface area contributed by atoms with E-state index in [1.54, 1.807) is 13.0 Å². The first-order valence-electron chi connectivity index (χ1n) is 6.24. The third-order valence-electron chi connectivity index (χ3n) is 3.32. The molecule has 0 amide bonds. The Morgan fingerprint density at radius 2 is 2.28 bits per heavy atom. The minimum absolute atomic E-state index is 0.203. The van der Waals surface area contributed by atoms with Crippen molar-refractivity contribution in [1.82, 2.24) is 0 Å². The van der Waals surface area contributed by atoms with Gasteiger partial charge in [0.05, 0.1) is 12.0 Å². The molecule has 0 aliphatic heterocycles. The molecule has 3 nitrogen and oxygen atoms in total. The summed E-state index contributed by atoms with van der Waals surface area (Å²) in [7, 11) is 0. The maximum atomic E-state index is 13.2. The molecule has 1 fully saturated rings. The number of benzene rings is 1. The number of hydrogen-bond donors (Lipinski definition) is 1. The largest absolute Gasteiger partial charge is 0.490 e. The Labute approximate surface area is 106 Å². The lowest BCUT2D eigenvalue weighted by Gasteiger charge is -2.27. The molecule has 2 rings (SSSR count). The second-order valence-electron chi connectivity index (χ2n) is 4.87. The first kappa shape index (κ1) is 12.9. The van der Waals surface area contributed by atoms with Crippen LogP contribution in [0.2, 0.25) is 0 Å². The fourth-order valence-electron chi connectivity index (χ4n) is 1.91. The quantitative estimate of drug-likeness (QED) is 0.876. The van der Waals surface area contributed by atoms with Gasteiger partial charge in [-0.2, -0.15) is 0 Å². The standard InChI is InChI=1S/C14H17FO3/c1-9(14(16)17)7-10-8-11(15)5-6-13(10)18-12-3-2-4-12/h5-6,8-9,12H,2-4,7H2,1H3,(H,16,17). The summed E-state index contributed by atoms with van der Waals surface area (Å²) in [6.07, 6.45) is 3.69. The van der Waals surface area contributed by atoms with Crippen molar-refractivity contribution in [2.24, 2.45) is 5.92 Å². The van der Waals surface area contributed by atoms with Crippen LogP contribution in [0.15, 0.2) is 18.2 Å². The number of ether oxygens (including phenoxy) is 1. The Morgan fingerprint density at radius 1 is 1.56 bits per heavy atom. The number of rotatable bonds is 5. The number of aliphatic carboxylic acids is 1. The van der Waals surface area contributed by atoms with Crippen molar-refractivity contribution in [3.8, 4) is 5.75 Å². The van der Waals surface area contributed by atoms with Crippen molar-refractivity contribution in [3.05, 3.63) is 29.6 Å². The number of halogens is 1. The molecular formula is C14H17FO3. The highest BCUT2D eigenvalue weighted by Gasteiger charge is 2.22. The first-order valence-corrected chi connectivity index (χ1v) is 6.24. The van der Waals surface area contributed by atoms with E-state index >= 15 is 0 Å². The summed E-state index contributed by atoms with van der Waals surface area (Å²) in [5.74, 6) is -1.16. The first-order chi connectivity index (χ1) is 8.56. The number of carbonyl (C=O) groups is 1. The average Bonchev–Trinajstić information content (AvgIpc) is 2.25. The molecule has 1 aromatic carbocycles. The molecule has 18 heavy (non-hydrogen) atoms. The minimum Gasteiger partial charge on any atom is -0.490 e. The van der Waals surface area contributed by atoms with Crippen molar-refractivity contribution in [1.29, 1.82) is 0 Å². The second-order valence-corrected chi connectivity index (χ2v) is 4.87. The van der Waals surface area contributed by atoms with Crippen LogP contribution in [-0.4, -0.2) is 17.2 Å². The van der Waals surface area contributed by atoms with Crippen molar-refractivity contribution in [2.75, 3.05) is 0 Å². The Balaban J connectivity index is 2.14. The zero-order valence-corrected chi connectivity index (χ0v) is 10.4. The van der Waals surface area contributed by atoms with Gasteiger partial charge in [-0.25, -0.2) is 4.39 Å². The number of hydrogen-bond acceptors (Lipinski definition) is 2. The van der Waals surface area contributed by atoms with Gasteiger partial charge in [-0.05, 0) is 49.4 Å². The molecule has 1 N–H and O–H groups in total. The smallest absolute Gasteiger partial charge is 0.306 e. The third kappa shape index (κ3) is 3.00. The van der Waals surface area contributed by atoms with Crippen molar-refractivity contribution >= 4 is 5.97 Å². The van der Waals surface area contributed by atoms with Crippen molar-refractivity contribution in [3.63, 3.8) is 0 Å². The van der Waals surface area contributed by atoms with Gasteiger partial charge in [-0.15, -0.1) is 0 Å². The van der Waals surface area contributed by atoms with E-state index in [4.69, 9.17) is 9.84 Å². The lowest BCUT2D eigenvalue weighted by molar-refractivity contribution is -0.141. The van der Waals surface area contributed by atoms with Crippen LogP contribution in [0.5, 0.6) is 5.75 Å². The summed E-state index contributed by atoms with van der Waals surface area (Å²) >= 11 is 0. The van der Waals surface area contributed by atoms with Crippen LogP contribution in [0.1, 0.15) is 31.7 Å². The summed E-state index contributed by atoms with van der Waals surface area (Å²) in [6, 6.07) is 4.31. The van der Waals surface area contributed by atoms with Gasteiger partial charge in [0.15, 0.2) is 0 Å². The van der Waals surface area contributed by atoms with Gasteiger partial charge in [0.1, 0.15) is 11.6 Å². The van der Waals surface area contributed by atoms with Crippen LogP contribution in [0.4, 0.5) is 4.39 Å². The van der Waals surface area contributed by atoms with E-state index in [9.17, 15) is 9.18 Å². The van der Waals surface area contributed by atoms with Crippen LogP contribution >= 0.6 is 0 Å². The predicted molar refractivity (Wildman–Crippen MR) is 65.2 cm³/mol. The molecule has 0 spiro atoms. The van der Waals surface area contributed by atoms with Crippen LogP contribution in [0, 0.1) is 11.7 Å². The molecule has 1 aromatic rings. The zero-order valence-electron chi connectivity index (χ0n) is 10.4. The van der Waals surface area contributed by atoms with Crippen LogP contribution < -0.4 is 4.74 Å². The molecule has 1 aliphatic carbocycles. The lowest BCUT2D eigenvalue weighted by atomic mass is 9.95. The zero-order chi connectivity index (χ0) is 13.1. The monoisotopic (exact) mass is 252 g/mol. The highest BCUT2D eigenvalue weighted by atomic mass is 19.1. The van der Waals surface area contributed by atoms with Crippen LogP contribution in [0.25, 0.3) is 0 Å². The SMILES string of the molecule is CC(Cc1cc(F)ccc1OC1CCC1)C(=O)O. The molecular weight excluding hydrogens is 235 g/mol. The van der Waals surface area contributed by atoms with Gasteiger partial charge < -0.3 is 9.84 Å². The summed E-state index contributed by atoms with van der Waals surface area (Å²) < 4.78 is 19.0. The molecule has 1 atom stereocenters. The summed E-state index contributed by atoms with van der Waals surface area (Å²) in [5, 5.41) is 8.91. The topological polar surface area (TPSA) is 46.5 Å². The summed E-state index contributed by atoms with van der Waals surface area (Å²) in [6.45, 7) is 1.61. The van der Waals surface area contributed by atoms with E-state index in [0.717, 1.165) is 19.3 Å². The molecule has 0 saturated heterocycles. The fraction of sp³-hybridized carbons (Fsp3) is 0.500. The molecule has 98 valence electrons. The normalized spacial score (nSPS) is 17.0. The van der Waals surface area contributed by atoms with Crippen molar-refractivity contribution in [2.45, 2.75) is 38.7 Å². The number of carboxylic acid groups (broad SMARTS) is 1. The van der Waals surface area contributed by atoms with Gasteiger partial charge in [0.2, 0.25) is 0 Å². The van der Waals surface area contributed by atoms with E-state index in [1.165, 1.54) is 12.1 Å². The van der Waals surface area contributed by atoms with Crippen LogP contribution in [-0.2, 0) is 11.2 Å². The highest BCUT2D eigenvalue weighted by molar-refractivity contribution is 5.70. The molecule has 0 radical (unpaired) electrons. The average molecular weight is 252 g/mol. The molecule has 0 heterocycles. The molecule has 0 aromatic heterocycles. The highest BCUT2D eigenvalue weighted by Crippen LogP contribution is 2.29. The van der Waals surface area contributed by atoms with Crippen LogP contribution in [0.3, 0.4) is 0 Å². The van der Waals surface area contributed by atoms with E-state index in [2.05, 4.69) is 0 Å². The molecule has 1 saturated carbocycles. The van der Waals surface area contributed by atoms with Gasteiger partial charge in [-0.3, -0.25) is 4.79 Å². The summed E-state index contributed by atoms with van der Waals surface area (Å²) in [4.78, 5) is 10.9. The lowest BCUT2D eigenvalue weighted by Crippen LogP contribution is -2.25. The Bertz CT molecular complexity index is 441. The molecule has 1 unspecified atom stereocenters. The van der Waals surface area contributed by atoms with Gasteiger partial charge in [-0.1, -0.05) is 6.92 Å². The minimum atomic E-state index is -0.881. The summed E-state index contributed by atoms with van der Waals surface area (Å²) in [5.41, 5.74) is 0.636. The van der Waals surface area contributed by atoms with E-state index in [-0.39, 0.29) is 18.3 Å². The Morgan fingerprint density at radius 3 is 2.83 bits per heavy atom. The van der Waals surface area contributed by atoms with E-state index in [1.807, 2.05) is 0 Å². The molecule has 0 bridgehead atoms. The van der Waals surface area contributed by atoms with Gasteiger partial charge in [0.25, 0.3) is 0 Å². The number of carboxylic acids is 1. The third-order valence-corrected chi connectivity index (χ3v) is 3.32. The maximum absolute atomic E-state index is 13.2. The fourth-order valence-corrected chi connectivity index (χ4v) is 1.91. The van der Waals surface area contributed by atoms with Gasteiger partial charge in [0, 0.05) is 0 Å². The van der Waals surface area contributed by atoms with Gasteiger partial charge >= 0.3 is 5.97 Å². The Hall–Kier alpha value is -1.58. The molecule has 4 heteroatoms. The predicted octanol–water partition coefficient (Wildman–Crippen LogP) is 3.02. The van der Waals surface area contributed by atoms with Crippen molar-refractivity contribution < 1.29 is 19.0 Å². The van der Waals surface area contributed by atoms with E-state index in [0.29, 0.717) is 11.3 Å². The maximum Gasteiger partial charge on any atom is 0.306 e. The Kier molecular flexibility index (Phi) is 3.84.